The molecule has 1 unspecified atom stereocenters. The summed E-state index contributed by atoms with van der Waals surface area (Å²) in [6, 6.07) is 9.31. The number of nitrogens with one attached hydrogen (secondary N) is 1. The van der Waals surface area contributed by atoms with E-state index in [1.165, 1.54) is 0 Å². The minimum Gasteiger partial charge on any atom is -0.455 e. The van der Waals surface area contributed by atoms with Gasteiger partial charge in [0.15, 0.2) is 11.6 Å². The summed E-state index contributed by atoms with van der Waals surface area (Å²) >= 11 is 1.66. The summed E-state index contributed by atoms with van der Waals surface area (Å²) in [6.45, 7) is 0. The molecule has 0 radical (unpaired) electrons. The second-order valence-corrected chi connectivity index (χ2v) is 7.13. The van der Waals surface area contributed by atoms with Crippen molar-refractivity contribution in [1.29, 1.82) is 0 Å². The summed E-state index contributed by atoms with van der Waals surface area (Å²) in [6.07, 6.45) is 8.42. The van der Waals surface area contributed by atoms with E-state index in [4.69, 9.17) is 4.42 Å². The van der Waals surface area contributed by atoms with Crippen LogP contribution in [0.3, 0.4) is 0 Å². The van der Waals surface area contributed by atoms with Crippen molar-refractivity contribution in [2.45, 2.75) is 31.1 Å². The Bertz CT molecular complexity index is 903. The third kappa shape index (κ3) is 3.26. The summed E-state index contributed by atoms with van der Waals surface area (Å²) in [5.74, 6) is 2.56. The average Bonchev–Trinajstić information content (AvgIpc) is 3.30. The molecule has 26 heavy (non-hydrogen) atoms. The largest absolute Gasteiger partial charge is 0.455 e. The number of amides is 1. The van der Waals surface area contributed by atoms with E-state index >= 15 is 0 Å². The molecule has 4 rings (SSSR count). The highest BCUT2D eigenvalue weighted by Crippen LogP contribution is 2.31. The van der Waals surface area contributed by atoms with Crippen molar-refractivity contribution in [3.8, 4) is 5.82 Å². The molecular formula is C19H20N4O2S. The lowest BCUT2D eigenvalue weighted by Gasteiger charge is -2.23. The lowest BCUT2D eigenvalue weighted by molar-refractivity contribution is 0.0903. The Morgan fingerprint density at radius 2 is 2.31 bits per heavy atom. The van der Waals surface area contributed by atoms with Gasteiger partial charge in [-0.3, -0.25) is 4.79 Å². The molecule has 0 spiro atoms. The van der Waals surface area contributed by atoms with Crippen LogP contribution in [0.1, 0.15) is 46.5 Å². The fourth-order valence-corrected chi connectivity index (χ4v) is 3.77. The van der Waals surface area contributed by atoms with Crippen LogP contribution in [-0.2, 0) is 12.2 Å². The van der Waals surface area contributed by atoms with E-state index in [1.807, 2.05) is 41.4 Å². The van der Waals surface area contributed by atoms with Gasteiger partial charge in [0.2, 0.25) is 0 Å². The Kier molecular flexibility index (Phi) is 4.79. The fraction of sp³-hybridized carbons (Fsp3) is 0.316. The fourth-order valence-electron chi connectivity index (χ4n) is 3.33. The molecule has 1 atom stereocenters. The van der Waals surface area contributed by atoms with Gasteiger partial charge in [-0.2, -0.15) is 16.9 Å². The molecule has 6 nitrogen and oxygen atoms in total. The van der Waals surface area contributed by atoms with Crippen LogP contribution >= 0.6 is 11.8 Å². The molecule has 7 heteroatoms. The molecule has 3 aromatic rings. The van der Waals surface area contributed by atoms with Gasteiger partial charge < -0.3 is 9.73 Å². The van der Waals surface area contributed by atoms with E-state index in [1.54, 1.807) is 24.0 Å². The molecule has 134 valence electrons. The smallest absolute Gasteiger partial charge is 0.287 e. The topological polar surface area (TPSA) is 73.0 Å². The maximum absolute atomic E-state index is 12.6. The second kappa shape index (κ2) is 7.37. The zero-order chi connectivity index (χ0) is 17.9. The number of fused-ring (bicyclic) bond motifs is 1. The Morgan fingerprint density at radius 3 is 3.12 bits per heavy atom. The predicted molar refractivity (Wildman–Crippen MR) is 100 cm³/mol. The van der Waals surface area contributed by atoms with Crippen LogP contribution in [0.25, 0.3) is 5.82 Å². The maximum Gasteiger partial charge on any atom is 0.287 e. The number of furan rings is 1. The lowest BCUT2D eigenvalue weighted by atomic mass is 9.93. The zero-order valence-corrected chi connectivity index (χ0v) is 15.3. The molecule has 1 aliphatic rings. The van der Waals surface area contributed by atoms with Crippen molar-refractivity contribution in [2.24, 2.45) is 0 Å². The minimum atomic E-state index is -0.180. The Hall–Kier alpha value is -2.54. The highest BCUT2D eigenvalue weighted by Gasteiger charge is 2.27. The van der Waals surface area contributed by atoms with Crippen LogP contribution < -0.4 is 5.32 Å². The summed E-state index contributed by atoms with van der Waals surface area (Å²) in [4.78, 5) is 16.9. The normalized spacial score (nSPS) is 16.3. The summed E-state index contributed by atoms with van der Waals surface area (Å²) in [7, 11) is 0. The first-order valence-corrected chi connectivity index (χ1v) is 10.0. The first kappa shape index (κ1) is 16.9. The van der Waals surface area contributed by atoms with Gasteiger partial charge in [0, 0.05) is 11.8 Å². The molecular weight excluding hydrogens is 348 g/mol. The van der Waals surface area contributed by atoms with Crippen molar-refractivity contribution >= 4 is 17.7 Å². The number of pyridine rings is 1. The van der Waals surface area contributed by atoms with Crippen LogP contribution in [0.15, 0.2) is 47.1 Å². The second-order valence-electron chi connectivity index (χ2n) is 6.26. The molecule has 3 heterocycles. The van der Waals surface area contributed by atoms with E-state index in [9.17, 15) is 4.79 Å². The average molecular weight is 368 g/mol. The van der Waals surface area contributed by atoms with Gasteiger partial charge in [0.05, 0.1) is 23.7 Å². The van der Waals surface area contributed by atoms with Crippen molar-refractivity contribution in [2.75, 3.05) is 6.26 Å². The van der Waals surface area contributed by atoms with E-state index in [0.29, 0.717) is 5.76 Å². The molecule has 0 aromatic carbocycles. The van der Waals surface area contributed by atoms with Gasteiger partial charge in [-0.25, -0.2) is 9.67 Å². The number of carbonyl (C=O) groups excluding carboxylic acids is 1. The molecule has 0 saturated heterocycles. The van der Waals surface area contributed by atoms with Crippen molar-refractivity contribution in [1.82, 2.24) is 20.1 Å². The summed E-state index contributed by atoms with van der Waals surface area (Å²) in [5, 5.41) is 7.60. The number of hydrogen-bond acceptors (Lipinski definition) is 5. The van der Waals surface area contributed by atoms with Crippen LogP contribution in [0.2, 0.25) is 0 Å². The van der Waals surface area contributed by atoms with Crippen LogP contribution in [0.5, 0.6) is 0 Å². The summed E-state index contributed by atoms with van der Waals surface area (Å²) < 4.78 is 7.50. The quantitative estimate of drug-likeness (QED) is 0.746. The number of carbonyl (C=O) groups is 1. The number of aromatic nitrogens is 3. The third-order valence-electron chi connectivity index (χ3n) is 4.53. The first-order chi connectivity index (χ1) is 12.8. The summed E-state index contributed by atoms with van der Waals surface area (Å²) in [5.41, 5.74) is 2.17. The number of rotatable bonds is 5. The number of thioether (sulfide) groups is 1. The number of hydrogen-bond donors (Lipinski definition) is 1. The van der Waals surface area contributed by atoms with Crippen LogP contribution in [0, 0.1) is 0 Å². The standard InChI is InChI=1S/C19H20N4O2S/c1-26-12-13-8-9-17(25-13)19(24)22-15-5-4-6-16-14(15)11-21-23(16)18-7-2-3-10-20-18/h2-3,7-11,15H,4-6,12H2,1H3,(H,22,24). The van der Waals surface area contributed by atoms with Gasteiger partial charge in [0.25, 0.3) is 5.91 Å². The number of nitrogens with zero attached hydrogens (tertiary/aromatic N) is 3. The van der Waals surface area contributed by atoms with Gasteiger partial charge in [-0.15, -0.1) is 0 Å². The van der Waals surface area contributed by atoms with Crippen LogP contribution in [-0.4, -0.2) is 26.9 Å². The van der Waals surface area contributed by atoms with Gasteiger partial charge in [-0.1, -0.05) is 6.07 Å². The predicted octanol–water partition coefficient (Wildman–Crippen LogP) is 3.53. The monoisotopic (exact) mass is 368 g/mol. The van der Waals surface area contributed by atoms with Crippen molar-refractivity contribution in [3.63, 3.8) is 0 Å². The zero-order valence-electron chi connectivity index (χ0n) is 14.5. The highest BCUT2D eigenvalue weighted by atomic mass is 32.2. The molecule has 0 fully saturated rings. The maximum atomic E-state index is 12.6. The minimum absolute atomic E-state index is 0.0576. The van der Waals surface area contributed by atoms with E-state index < -0.39 is 0 Å². The van der Waals surface area contributed by atoms with E-state index in [-0.39, 0.29) is 11.9 Å². The van der Waals surface area contributed by atoms with Crippen molar-refractivity contribution in [3.05, 3.63) is 65.5 Å². The molecule has 3 aromatic heterocycles. The van der Waals surface area contributed by atoms with Crippen molar-refractivity contribution < 1.29 is 9.21 Å². The van der Waals surface area contributed by atoms with E-state index in [2.05, 4.69) is 15.4 Å². The van der Waals surface area contributed by atoms with Gasteiger partial charge in [0.1, 0.15) is 5.76 Å². The Labute approximate surface area is 156 Å². The Morgan fingerprint density at radius 1 is 1.38 bits per heavy atom. The van der Waals surface area contributed by atoms with Gasteiger partial charge in [-0.05, 0) is 49.8 Å². The molecule has 1 amide bonds. The Balaban J connectivity index is 1.55. The van der Waals surface area contributed by atoms with E-state index in [0.717, 1.165) is 47.9 Å². The lowest BCUT2D eigenvalue weighted by Crippen LogP contribution is -2.30. The highest BCUT2D eigenvalue weighted by molar-refractivity contribution is 7.97. The molecule has 0 saturated carbocycles. The van der Waals surface area contributed by atoms with Gasteiger partial charge >= 0.3 is 0 Å². The molecule has 1 aliphatic carbocycles. The molecule has 0 aliphatic heterocycles. The molecule has 0 bridgehead atoms. The third-order valence-corrected chi connectivity index (χ3v) is 5.10. The SMILES string of the molecule is CSCc1ccc(C(=O)NC2CCCc3c2cnn3-c2ccccn2)o1. The molecule has 1 N–H and O–H groups in total. The van der Waals surface area contributed by atoms with Crippen LogP contribution in [0.4, 0.5) is 0 Å². The first-order valence-electron chi connectivity index (χ1n) is 8.63.